The molecule has 0 aliphatic heterocycles. The van der Waals surface area contributed by atoms with Crippen molar-refractivity contribution < 1.29 is 22.2 Å². The van der Waals surface area contributed by atoms with Crippen LogP contribution in [0.15, 0.2) is 46.1 Å². The van der Waals surface area contributed by atoms with E-state index in [2.05, 4.69) is 0 Å². The first-order valence-electron chi connectivity index (χ1n) is 5.05. The molecule has 90 valence electrons. The normalized spacial score (nSPS) is 11.6. The molecule has 1 heterocycles. The second-order valence-corrected chi connectivity index (χ2v) is 4.90. The lowest BCUT2D eigenvalue weighted by molar-refractivity contribution is -0.861. The smallest absolute Gasteiger partial charge is 0.227 e. The van der Waals surface area contributed by atoms with Crippen LogP contribution < -0.4 is 4.74 Å². The summed E-state index contributed by atoms with van der Waals surface area (Å²) in [5.74, 6) is 0. The van der Waals surface area contributed by atoms with Crippen LogP contribution in [0.25, 0.3) is 11.1 Å². The van der Waals surface area contributed by atoms with Gasteiger partial charge in [-0.15, -0.1) is 0 Å². The number of benzene rings is 1. The van der Waals surface area contributed by atoms with Crippen LogP contribution in [-0.4, -0.2) is 13.0 Å². The van der Waals surface area contributed by atoms with Crippen molar-refractivity contribution in [3.05, 3.63) is 36.7 Å². The standard InChI is InChI=1S/C11H11NO4S/c1-2-12-7-10(8-16-12)9-4-3-5-11(6-9)17(13,14)15/h3-8H,2H2,1H3. The minimum Gasteiger partial charge on any atom is -0.744 e. The van der Waals surface area contributed by atoms with Crippen LogP contribution in [0.3, 0.4) is 0 Å². The highest BCUT2D eigenvalue weighted by atomic mass is 32.2. The molecule has 5 nitrogen and oxygen atoms in total. The number of hydrogen-bond acceptors (Lipinski definition) is 4. The van der Waals surface area contributed by atoms with Crippen LogP contribution in [0.5, 0.6) is 0 Å². The number of hydrogen-bond donors (Lipinski definition) is 0. The molecule has 0 radical (unpaired) electrons. The molecule has 0 aliphatic rings. The average molecular weight is 253 g/mol. The van der Waals surface area contributed by atoms with Crippen molar-refractivity contribution in [1.82, 2.24) is 0 Å². The molecule has 0 amide bonds. The van der Waals surface area contributed by atoms with Crippen molar-refractivity contribution in [1.29, 1.82) is 0 Å². The summed E-state index contributed by atoms with van der Waals surface area (Å²) in [6.45, 7) is 2.60. The van der Waals surface area contributed by atoms with Gasteiger partial charge in [0.1, 0.15) is 10.1 Å². The molecule has 0 saturated heterocycles. The van der Waals surface area contributed by atoms with Crippen LogP contribution in [0.2, 0.25) is 0 Å². The van der Waals surface area contributed by atoms with Crippen molar-refractivity contribution in [2.45, 2.75) is 18.4 Å². The lowest BCUT2D eigenvalue weighted by Gasteiger charge is -2.07. The van der Waals surface area contributed by atoms with E-state index >= 15 is 0 Å². The van der Waals surface area contributed by atoms with Crippen LogP contribution >= 0.6 is 0 Å². The van der Waals surface area contributed by atoms with E-state index in [9.17, 15) is 13.0 Å². The summed E-state index contributed by atoms with van der Waals surface area (Å²) in [5.41, 5.74) is 1.37. The SMILES string of the molecule is CC[n+]1cc(-c2cccc(S(=O)(=O)[O-])c2)co1. The lowest BCUT2D eigenvalue weighted by atomic mass is 10.1. The van der Waals surface area contributed by atoms with E-state index in [1.807, 2.05) is 6.92 Å². The summed E-state index contributed by atoms with van der Waals surface area (Å²) in [5, 5.41) is 0. The molecule has 0 fully saturated rings. The molecule has 17 heavy (non-hydrogen) atoms. The fourth-order valence-corrected chi connectivity index (χ4v) is 2.00. The topological polar surface area (TPSA) is 74.2 Å². The van der Waals surface area contributed by atoms with E-state index in [1.54, 1.807) is 17.0 Å². The van der Waals surface area contributed by atoms with Gasteiger partial charge in [0.15, 0.2) is 12.8 Å². The van der Waals surface area contributed by atoms with Crippen molar-refractivity contribution >= 4 is 10.1 Å². The molecule has 2 aromatic rings. The Bertz CT molecular complexity index is 630. The summed E-state index contributed by atoms with van der Waals surface area (Å²) in [6, 6.07) is 5.87. The molecule has 0 unspecified atom stereocenters. The van der Waals surface area contributed by atoms with Crippen molar-refractivity contribution in [2.75, 3.05) is 0 Å². The van der Waals surface area contributed by atoms with Gasteiger partial charge in [0.05, 0.1) is 10.5 Å². The zero-order valence-electron chi connectivity index (χ0n) is 9.16. The minimum absolute atomic E-state index is 0.237. The highest BCUT2D eigenvalue weighted by Crippen LogP contribution is 2.21. The predicted molar refractivity (Wildman–Crippen MR) is 58.0 cm³/mol. The van der Waals surface area contributed by atoms with Gasteiger partial charge in [-0.2, -0.15) is 0 Å². The number of rotatable bonds is 3. The number of nitrogens with zero attached hydrogens (tertiary/aromatic N) is 1. The Labute approximate surface area is 99.0 Å². The Kier molecular flexibility index (Phi) is 2.99. The van der Waals surface area contributed by atoms with Gasteiger partial charge in [-0.25, -0.2) is 12.9 Å². The Balaban J connectivity index is 2.46. The Morgan fingerprint density at radius 2 is 2.12 bits per heavy atom. The molecular weight excluding hydrogens is 242 g/mol. The average Bonchev–Trinajstić information content (AvgIpc) is 2.76. The molecule has 0 atom stereocenters. The summed E-state index contributed by atoms with van der Waals surface area (Å²) in [7, 11) is -4.42. The molecule has 6 heteroatoms. The van der Waals surface area contributed by atoms with E-state index in [1.165, 1.54) is 24.5 Å². The quantitative estimate of drug-likeness (QED) is 0.607. The maximum atomic E-state index is 10.9. The largest absolute Gasteiger partial charge is 0.744 e. The maximum Gasteiger partial charge on any atom is 0.227 e. The van der Waals surface area contributed by atoms with Gasteiger partial charge in [-0.05, 0) is 29.4 Å². The second-order valence-electron chi connectivity index (χ2n) is 3.52. The Morgan fingerprint density at radius 3 is 2.71 bits per heavy atom. The van der Waals surface area contributed by atoms with Gasteiger partial charge in [0.2, 0.25) is 6.20 Å². The molecule has 0 N–H and O–H groups in total. The van der Waals surface area contributed by atoms with Gasteiger partial charge in [-0.1, -0.05) is 12.1 Å². The van der Waals surface area contributed by atoms with Crippen molar-refractivity contribution in [3.8, 4) is 11.1 Å². The van der Waals surface area contributed by atoms with Crippen molar-refractivity contribution in [2.24, 2.45) is 0 Å². The molecule has 0 aliphatic carbocycles. The predicted octanol–water partition coefficient (Wildman–Crippen LogP) is 1.16. The van der Waals surface area contributed by atoms with E-state index < -0.39 is 10.1 Å². The third-order valence-electron chi connectivity index (χ3n) is 2.37. The van der Waals surface area contributed by atoms with E-state index in [4.69, 9.17) is 4.52 Å². The molecule has 1 aromatic carbocycles. The second kappa shape index (κ2) is 4.31. The molecule has 0 spiro atoms. The Hall–Kier alpha value is -1.66. The summed E-state index contributed by atoms with van der Waals surface area (Å²) in [4.78, 5) is -0.237. The highest BCUT2D eigenvalue weighted by molar-refractivity contribution is 7.85. The molecular formula is C11H11NO4S. The fourth-order valence-electron chi connectivity index (χ4n) is 1.48. The third kappa shape index (κ3) is 2.54. The van der Waals surface area contributed by atoms with Crippen LogP contribution in [0, 0.1) is 0 Å². The van der Waals surface area contributed by atoms with Gasteiger partial charge >= 0.3 is 0 Å². The monoisotopic (exact) mass is 253 g/mol. The molecule has 0 saturated carbocycles. The highest BCUT2D eigenvalue weighted by Gasteiger charge is 2.10. The third-order valence-corrected chi connectivity index (χ3v) is 3.20. The summed E-state index contributed by atoms with van der Waals surface area (Å²) < 4.78 is 39.5. The summed E-state index contributed by atoms with van der Waals surface area (Å²) in [6.07, 6.45) is 3.26. The van der Waals surface area contributed by atoms with Crippen LogP contribution in [0.4, 0.5) is 0 Å². The number of aromatic nitrogens is 1. The number of aryl methyl sites for hydroxylation is 1. The van der Waals surface area contributed by atoms with Crippen molar-refractivity contribution in [3.63, 3.8) is 0 Å². The van der Waals surface area contributed by atoms with E-state index in [0.717, 1.165) is 5.56 Å². The summed E-state index contributed by atoms with van der Waals surface area (Å²) >= 11 is 0. The van der Waals surface area contributed by atoms with Crippen LogP contribution in [0.1, 0.15) is 6.92 Å². The zero-order valence-corrected chi connectivity index (χ0v) is 9.98. The van der Waals surface area contributed by atoms with E-state index in [-0.39, 0.29) is 4.90 Å². The molecule has 0 bridgehead atoms. The van der Waals surface area contributed by atoms with Gasteiger partial charge in [-0.3, -0.25) is 0 Å². The van der Waals surface area contributed by atoms with E-state index in [0.29, 0.717) is 12.1 Å². The maximum absolute atomic E-state index is 10.9. The Morgan fingerprint density at radius 1 is 1.35 bits per heavy atom. The van der Waals surface area contributed by atoms with Gasteiger partial charge in [0, 0.05) is 0 Å². The first-order chi connectivity index (χ1) is 8.00. The van der Waals surface area contributed by atoms with Gasteiger partial charge in [0.25, 0.3) is 0 Å². The molecule has 2 rings (SSSR count). The lowest BCUT2D eigenvalue weighted by Crippen LogP contribution is -2.27. The molecule has 1 aromatic heterocycles. The zero-order chi connectivity index (χ0) is 12.5. The fraction of sp³-hybridized carbons (Fsp3) is 0.182. The van der Waals surface area contributed by atoms with Gasteiger partial charge < -0.3 is 4.55 Å². The van der Waals surface area contributed by atoms with Crippen LogP contribution in [-0.2, 0) is 16.7 Å². The minimum atomic E-state index is -4.42. The first-order valence-corrected chi connectivity index (χ1v) is 6.46. The first kappa shape index (κ1) is 11.8.